The molecule has 148 valence electrons. The van der Waals surface area contributed by atoms with Crippen molar-refractivity contribution in [3.63, 3.8) is 0 Å². The molecule has 1 aliphatic heterocycles. The first-order valence-corrected chi connectivity index (χ1v) is 10.6. The highest BCUT2D eigenvalue weighted by molar-refractivity contribution is 7.91. The smallest absolute Gasteiger partial charge is 0.293 e. The van der Waals surface area contributed by atoms with Crippen molar-refractivity contribution in [3.8, 4) is 0 Å². The van der Waals surface area contributed by atoms with Gasteiger partial charge in [0.15, 0.2) is 9.84 Å². The van der Waals surface area contributed by atoms with Gasteiger partial charge in [-0.2, -0.15) is 0 Å². The summed E-state index contributed by atoms with van der Waals surface area (Å²) in [7, 11) is -1.60. The van der Waals surface area contributed by atoms with Gasteiger partial charge in [0.1, 0.15) is 5.69 Å². The number of benzene rings is 2. The summed E-state index contributed by atoms with van der Waals surface area (Å²) >= 11 is 0. The predicted molar refractivity (Wildman–Crippen MR) is 106 cm³/mol. The maximum absolute atomic E-state index is 12.7. The van der Waals surface area contributed by atoms with Crippen LogP contribution in [0.2, 0.25) is 0 Å². The van der Waals surface area contributed by atoms with E-state index in [1.165, 1.54) is 30.1 Å². The molecular weight excluding hydrogens is 382 g/mol. The Balaban J connectivity index is 1.78. The van der Waals surface area contributed by atoms with E-state index >= 15 is 0 Å². The third-order valence-electron chi connectivity index (χ3n) is 4.84. The van der Waals surface area contributed by atoms with Gasteiger partial charge in [-0.1, -0.05) is 30.3 Å². The number of carbonyl (C=O) groups excluding carboxylic acids is 1. The molecule has 1 unspecified atom stereocenters. The molecule has 8 nitrogen and oxygen atoms in total. The van der Waals surface area contributed by atoms with Crippen LogP contribution in [-0.4, -0.2) is 48.7 Å². The number of sulfone groups is 1. The fourth-order valence-electron chi connectivity index (χ4n) is 3.21. The molecule has 1 saturated heterocycles. The highest BCUT2D eigenvalue weighted by atomic mass is 32.2. The molecule has 0 saturated carbocycles. The van der Waals surface area contributed by atoms with Gasteiger partial charge in [0.25, 0.3) is 11.6 Å². The van der Waals surface area contributed by atoms with Crippen LogP contribution in [-0.2, 0) is 16.4 Å². The summed E-state index contributed by atoms with van der Waals surface area (Å²) < 4.78 is 23.3. The average Bonchev–Trinajstić information content (AvgIpc) is 3.05. The second kappa shape index (κ2) is 7.97. The Morgan fingerprint density at radius 3 is 2.57 bits per heavy atom. The van der Waals surface area contributed by atoms with Crippen LogP contribution in [0, 0.1) is 10.1 Å². The molecule has 0 radical (unpaired) electrons. The van der Waals surface area contributed by atoms with Gasteiger partial charge in [-0.05, 0) is 24.1 Å². The number of carbonyl (C=O) groups is 1. The predicted octanol–water partition coefficient (Wildman–Crippen LogP) is 2.47. The molecule has 2 aromatic rings. The summed E-state index contributed by atoms with van der Waals surface area (Å²) in [6.07, 6.45) is 0.378. The van der Waals surface area contributed by atoms with E-state index in [4.69, 9.17) is 0 Å². The fourth-order valence-corrected chi connectivity index (χ4v) is 4.98. The lowest BCUT2D eigenvalue weighted by Crippen LogP contribution is -2.37. The molecule has 1 fully saturated rings. The maximum Gasteiger partial charge on any atom is 0.293 e. The largest absolute Gasteiger partial charge is 0.375 e. The Morgan fingerprint density at radius 1 is 1.25 bits per heavy atom. The van der Waals surface area contributed by atoms with Crippen molar-refractivity contribution in [2.75, 3.05) is 23.9 Å². The quantitative estimate of drug-likeness (QED) is 0.586. The van der Waals surface area contributed by atoms with Crippen LogP contribution >= 0.6 is 0 Å². The lowest BCUT2D eigenvalue weighted by Gasteiger charge is -2.23. The summed E-state index contributed by atoms with van der Waals surface area (Å²) in [6.45, 7) is 0.412. The first kappa shape index (κ1) is 19.8. The zero-order chi connectivity index (χ0) is 20.3. The van der Waals surface area contributed by atoms with E-state index in [0.717, 1.165) is 5.56 Å². The number of nitro benzene ring substituents is 1. The molecule has 0 aliphatic carbocycles. The number of nitrogens with zero attached hydrogens (tertiary/aromatic N) is 2. The van der Waals surface area contributed by atoms with E-state index < -0.39 is 26.7 Å². The van der Waals surface area contributed by atoms with Gasteiger partial charge < -0.3 is 10.2 Å². The van der Waals surface area contributed by atoms with Gasteiger partial charge >= 0.3 is 0 Å². The Morgan fingerprint density at radius 2 is 1.96 bits per heavy atom. The molecule has 28 heavy (non-hydrogen) atoms. The van der Waals surface area contributed by atoms with E-state index in [1.54, 1.807) is 0 Å². The lowest BCUT2D eigenvalue weighted by molar-refractivity contribution is -0.384. The van der Waals surface area contributed by atoms with Crippen LogP contribution in [0.3, 0.4) is 0 Å². The van der Waals surface area contributed by atoms with Gasteiger partial charge in [-0.25, -0.2) is 8.42 Å². The fraction of sp³-hybridized carbons (Fsp3) is 0.316. The standard InChI is InChI=1S/C19H21N3O5S/c1-21(16-9-10-28(26,27)13-16)19(23)15-7-8-17(18(11-15)22(24)25)20-12-14-5-3-2-4-6-14/h2-8,11,16,20H,9-10,12-13H2,1H3. The van der Waals surface area contributed by atoms with Gasteiger partial charge in [0.05, 0.1) is 16.4 Å². The van der Waals surface area contributed by atoms with Gasteiger partial charge in [-0.15, -0.1) is 0 Å². The molecule has 0 aromatic heterocycles. The van der Waals surface area contributed by atoms with Gasteiger partial charge in [0.2, 0.25) is 0 Å². The third kappa shape index (κ3) is 4.48. The highest BCUT2D eigenvalue weighted by Crippen LogP contribution is 2.27. The number of rotatable bonds is 6. The summed E-state index contributed by atoms with van der Waals surface area (Å²) in [5.41, 5.74) is 1.24. The van der Waals surface area contributed by atoms with Crippen molar-refractivity contribution >= 4 is 27.1 Å². The minimum Gasteiger partial charge on any atom is -0.375 e. The van der Waals surface area contributed by atoms with Crippen molar-refractivity contribution in [1.29, 1.82) is 0 Å². The van der Waals surface area contributed by atoms with Crippen LogP contribution in [0.5, 0.6) is 0 Å². The summed E-state index contributed by atoms with van der Waals surface area (Å²) in [6, 6.07) is 13.3. The van der Waals surface area contributed by atoms with Crippen LogP contribution < -0.4 is 5.32 Å². The molecular formula is C19H21N3O5S. The van der Waals surface area contributed by atoms with E-state index in [2.05, 4.69) is 5.32 Å². The molecule has 1 aliphatic rings. The second-order valence-corrected chi connectivity index (χ2v) is 9.03. The number of hydrogen-bond acceptors (Lipinski definition) is 6. The number of hydrogen-bond donors (Lipinski definition) is 1. The van der Waals surface area contributed by atoms with Crippen molar-refractivity contribution in [1.82, 2.24) is 4.90 Å². The van der Waals surface area contributed by atoms with Crippen molar-refractivity contribution < 1.29 is 18.1 Å². The minimum atomic E-state index is -3.13. The molecule has 1 heterocycles. The zero-order valence-electron chi connectivity index (χ0n) is 15.4. The van der Waals surface area contributed by atoms with Crippen LogP contribution in [0.15, 0.2) is 48.5 Å². The van der Waals surface area contributed by atoms with Crippen LogP contribution in [0.4, 0.5) is 11.4 Å². The zero-order valence-corrected chi connectivity index (χ0v) is 16.2. The van der Waals surface area contributed by atoms with Gasteiger partial charge in [0, 0.05) is 31.3 Å². The second-order valence-electron chi connectivity index (χ2n) is 6.80. The highest BCUT2D eigenvalue weighted by Gasteiger charge is 2.33. The van der Waals surface area contributed by atoms with E-state index in [9.17, 15) is 23.3 Å². The van der Waals surface area contributed by atoms with Gasteiger partial charge in [-0.3, -0.25) is 14.9 Å². The van der Waals surface area contributed by atoms with Crippen LogP contribution in [0.1, 0.15) is 22.3 Å². The molecule has 0 spiro atoms. The monoisotopic (exact) mass is 403 g/mol. The molecule has 0 bridgehead atoms. The maximum atomic E-state index is 12.7. The number of nitrogens with one attached hydrogen (secondary N) is 1. The Bertz CT molecular complexity index is 992. The molecule has 9 heteroatoms. The molecule has 1 atom stereocenters. The first-order chi connectivity index (χ1) is 13.3. The number of nitro groups is 1. The summed E-state index contributed by atoms with van der Waals surface area (Å²) in [5.74, 6) is -0.453. The third-order valence-corrected chi connectivity index (χ3v) is 6.59. The Kier molecular flexibility index (Phi) is 5.64. The van der Waals surface area contributed by atoms with E-state index in [0.29, 0.717) is 18.7 Å². The van der Waals surface area contributed by atoms with Crippen molar-refractivity contribution in [2.45, 2.75) is 19.0 Å². The summed E-state index contributed by atoms with van der Waals surface area (Å²) in [4.78, 5) is 25.0. The number of anilines is 1. The molecule has 1 amide bonds. The molecule has 1 N–H and O–H groups in total. The minimum absolute atomic E-state index is 0.0534. The van der Waals surface area contributed by atoms with Crippen molar-refractivity contribution in [2.24, 2.45) is 0 Å². The Hall–Kier alpha value is -2.94. The van der Waals surface area contributed by atoms with Crippen LogP contribution in [0.25, 0.3) is 0 Å². The molecule has 2 aromatic carbocycles. The lowest BCUT2D eigenvalue weighted by atomic mass is 10.1. The van der Waals surface area contributed by atoms with E-state index in [-0.39, 0.29) is 22.8 Å². The SMILES string of the molecule is CN(C(=O)c1ccc(NCc2ccccc2)c([N+](=O)[O-])c1)C1CCS(=O)(=O)C1. The normalized spacial score (nSPS) is 17.8. The number of amides is 1. The van der Waals surface area contributed by atoms with Crippen molar-refractivity contribution in [3.05, 3.63) is 69.8 Å². The van der Waals surface area contributed by atoms with E-state index in [1.807, 2.05) is 30.3 Å². The Labute approximate surface area is 163 Å². The summed E-state index contributed by atoms with van der Waals surface area (Å²) in [5, 5.41) is 14.5. The topological polar surface area (TPSA) is 110 Å². The molecule has 3 rings (SSSR count). The average molecular weight is 403 g/mol. The first-order valence-electron chi connectivity index (χ1n) is 8.80.